The molecule has 0 saturated carbocycles. The summed E-state index contributed by atoms with van der Waals surface area (Å²) in [6.45, 7) is 0.273. The van der Waals surface area contributed by atoms with E-state index in [2.05, 4.69) is 5.32 Å². The molecule has 0 fully saturated rings. The van der Waals surface area contributed by atoms with E-state index < -0.39 is 17.7 Å². The molecule has 3 aromatic carbocycles. The van der Waals surface area contributed by atoms with Gasteiger partial charge in [-0.05, 0) is 65.9 Å². The summed E-state index contributed by atoms with van der Waals surface area (Å²) in [4.78, 5) is 16.3. The Morgan fingerprint density at radius 2 is 1.76 bits per heavy atom. The zero-order valence-electron chi connectivity index (χ0n) is 17.8. The summed E-state index contributed by atoms with van der Waals surface area (Å²) >= 11 is 1.58. The molecule has 0 spiro atoms. The average Bonchev–Trinajstić information content (AvgIpc) is 3.22. The molecular weight excluding hydrogens is 440 g/mol. The molecule has 0 unspecified atom stereocenters. The van der Waals surface area contributed by atoms with Crippen LogP contribution in [-0.2, 0) is 6.54 Å². The SMILES string of the molecule is CSc1cccc(NC(=O)N2Cc3ccccc3-n3cccc3[C@H]2c2cc(F)cc(F)c2)c1. The Hall–Kier alpha value is -3.58. The highest BCUT2D eigenvalue weighted by Gasteiger charge is 2.33. The van der Waals surface area contributed by atoms with Crippen LogP contribution in [0.2, 0.25) is 0 Å². The molecule has 7 heteroatoms. The summed E-state index contributed by atoms with van der Waals surface area (Å²) in [6.07, 6.45) is 3.87. The number of hydrogen-bond acceptors (Lipinski definition) is 2. The number of carbonyl (C=O) groups excluding carboxylic acids is 1. The Labute approximate surface area is 194 Å². The number of anilines is 1. The maximum absolute atomic E-state index is 14.2. The number of aromatic nitrogens is 1. The van der Waals surface area contributed by atoms with Gasteiger partial charge in [-0.15, -0.1) is 11.8 Å². The molecule has 33 heavy (non-hydrogen) atoms. The van der Waals surface area contributed by atoms with Crippen molar-refractivity contribution in [1.29, 1.82) is 0 Å². The van der Waals surface area contributed by atoms with Crippen LogP contribution >= 0.6 is 11.8 Å². The van der Waals surface area contributed by atoms with Crippen molar-refractivity contribution in [3.05, 3.63) is 114 Å². The third-order valence-corrected chi connectivity index (χ3v) is 6.47. The molecule has 1 aliphatic rings. The maximum atomic E-state index is 14.2. The topological polar surface area (TPSA) is 37.3 Å². The van der Waals surface area contributed by atoms with Gasteiger partial charge < -0.3 is 14.8 Å². The number of thioether (sulfide) groups is 1. The van der Waals surface area contributed by atoms with Crippen molar-refractivity contribution in [3.8, 4) is 5.69 Å². The fourth-order valence-electron chi connectivity index (χ4n) is 4.32. The van der Waals surface area contributed by atoms with Crippen LogP contribution in [0.15, 0.2) is 90.0 Å². The molecule has 166 valence electrons. The van der Waals surface area contributed by atoms with Gasteiger partial charge in [0.2, 0.25) is 0 Å². The summed E-state index contributed by atoms with van der Waals surface area (Å²) in [5.74, 6) is -1.37. The van der Waals surface area contributed by atoms with Crippen molar-refractivity contribution in [2.75, 3.05) is 11.6 Å². The van der Waals surface area contributed by atoms with Gasteiger partial charge in [0, 0.05) is 28.5 Å². The number of nitrogens with one attached hydrogen (secondary N) is 1. The van der Waals surface area contributed by atoms with Crippen molar-refractivity contribution in [2.45, 2.75) is 17.5 Å². The van der Waals surface area contributed by atoms with E-state index in [1.54, 1.807) is 16.7 Å². The van der Waals surface area contributed by atoms with Crippen LogP contribution in [0.4, 0.5) is 19.3 Å². The first kappa shape index (κ1) is 21.3. The van der Waals surface area contributed by atoms with E-state index in [-0.39, 0.29) is 12.6 Å². The molecule has 4 nitrogen and oxygen atoms in total. The third-order valence-electron chi connectivity index (χ3n) is 5.75. The lowest BCUT2D eigenvalue weighted by molar-refractivity contribution is 0.194. The van der Waals surface area contributed by atoms with Gasteiger partial charge in [-0.1, -0.05) is 24.3 Å². The van der Waals surface area contributed by atoms with Gasteiger partial charge in [0.25, 0.3) is 0 Å². The number of fused-ring (bicyclic) bond motifs is 3. The standard InChI is InChI=1S/C26H21F2N3OS/c1-33-22-8-4-7-21(15-22)29-26(32)31-16-17-6-2-3-9-23(17)30-11-5-10-24(30)25(31)18-12-19(27)14-20(28)13-18/h2-15,25H,16H2,1H3,(H,29,32)/t25-/m1/s1. The smallest absolute Gasteiger partial charge is 0.318 e. The Kier molecular flexibility index (Phi) is 5.64. The number of benzene rings is 3. The summed E-state index contributed by atoms with van der Waals surface area (Å²) in [5.41, 5.74) is 3.64. The highest BCUT2D eigenvalue weighted by atomic mass is 32.2. The second-order valence-corrected chi connectivity index (χ2v) is 8.71. The molecule has 2 amide bonds. The number of hydrogen-bond donors (Lipinski definition) is 1. The predicted octanol–water partition coefficient (Wildman–Crippen LogP) is 6.61. The molecule has 0 aliphatic carbocycles. The Bertz CT molecular complexity index is 1320. The summed E-state index contributed by atoms with van der Waals surface area (Å²) in [6, 6.07) is 21.5. The van der Waals surface area contributed by atoms with Gasteiger partial charge >= 0.3 is 6.03 Å². The summed E-state index contributed by atoms with van der Waals surface area (Å²) < 4.78 is 30.5. The van der Waals surface area contributed by atoms with E-state index in [1.807, 2.05) is 77.7 Å². The molecule has 1 aliphatic heterocycles. The first-order chi connectivity index (χ1) is 16.0. The number of urea groups is 1. The van der Waals surface area contributed by atoms with E-state index in [4.69, 9.17) is 0 Å². The minimum Gasteiger partial charge on any atom is -0.318 e. The van der Waals surface area contributed by atoms with E-state index >= 15 is 0 Å². The van der Waals surface area contributed by atoms with E-state index in [1.165, 1.54) is 12.1 Å². The van der Waals surface area contributed by atoms with Crippen LogP contribution in [0.3, 0.4) is 0 Å². The fourth-order valence-corrected chi connectivity index (χ4v) is 4.78. The van der Waals surface area contributed by atoms with Gasteiger partial charge in [-0.2, -0.15) is 0 Å². The van der Waals surface area contributed by atoms with Crippen molar-refractivity contribution < 1.29 is 13.6 Å². The zero-order chi connectivity index (χ0) is 22.9. The second-order valence-electron chi connectivity index (χ2n) is 7.83. The van der Waals surface area contributed by atoms with E-state index in [9.17, 15) is 13.6 Å². The number of carbonyl (C=O) groups is 1. The van der Waals surface area contributed by atoms with Crippen LogP contribution in [0.25, 0.3) is 5.69 Å². The summed E-state index contributed by atoms with van der Waals surface area (Å²) in [7, 11) is 0. The molecule has 2 heterocycles. The monoisotopic (exact) mass is 461 g/mol. The highest BCUT2D eigenvalue weighted by Crippen LogP contribution is 2.37. The van der Waals surface area contributed by atoms with Gasteiger partial charge in [-0.3, -0.25) is 0 Å². The Balaban J connectivity index is 1.64. The number of halogens is 2. The van der Waals surface area contributed by atoms with Crippen molar-refractivity contribution in [3.63, 3.8) is 0 Å². The van der Waals surface area contributed by atoms with Crippen LogP contribution in [-0.4, -0.2) is 21.8 Å². The van der Waals surface area contributed by atoms with Gasteiger partial charge in [-0.25, -0.2) is 13.6 Å². The quantitative estimate of drug-likeness (QED) is 0.349. The fraction of sp³-hybridized carbons (Fsp3) is 0.115. The molecule has 4 aromatic rings. The number of amides is 2. The van der Waals surface area contributed by atoms with Crippen LogP contribution in [0.5, 0.6) is 0 Å². The minimum absolute atomic E-state index is 0.273. The molecule has 0 saturated heterocycles. The molecule has 0 bridgehead atoms. The lowest BCUT2D eigenvalue weighted by atomic mass is 10.0. The molecule has 1 aromatic heterocycles. The normalized spacial score (nSPS) is 14.9. The molecule has 5 rings (SSSR count). The van der Waals surface area contributed by atoms with Gasteiger partial charge in [0.1, 0.15) is 11.6 Å². The Morgan fingerprint density at radius 3 is 2.55 bits per heavy atom. The van der Waals surface area contributed by atoms with Crippen molar-refractivity contribution >= 4 is 23.5 Å². The summed E-state index contributed by atoms with van der Waals surface area (Å²) in [5, 5.41) is 2.97. The van der Waals surface area contributed by atoms with Crippen LogP contribution in [0.1, 0.15) is 22.9 Å². The first-order valence-electron chi connectivity index (χ1n) is 10.5. The maximum Gasteiger partial charge on any atom is 0.322 e. The zero-order valence-corrected chi connectivity index (χ0v) is 18.7. The second kappa shape index (κ2) is 8.75. The third kappa shape index (κ3) is 4.12. The number of para-hydroxylation sites is 1. The average molecular weight is 462 g/mol. The van der Waals surface area contributed by atoms with Crippen molar-refractivity contribution in [1.82, 2.24) is 9.47 Å². The van der Waals surface area contributed by atoms with Gasteiger partial charge in [0.15, 0.2) is 0 Å². The van der Waals surface area contributed by atoms with Crippen molar-refractivity contribution in [2.24, 2.45) is 0 Å². The molecule has 1 atom stereocenters. The molecule has 1 N–H and O–H groups in total. The van der Waals surface area contributed by atoms with Crippen LogP contribution in [0, 0.1) is 11.6 Å². The lowest BCUT2D eigenvalue weighted by Gasteiger charge is -2.31. The number of rotatable bonds is 3. The largest absolute Gasteiger partial charge is 0.322 e. The minimum atomic E-state index is -0.693. The number of nitrogens with zero attached hydrogens (tertiary/aromatic N) is 2. The molecular formula is C26H21F2N3OS. The van der Waals surface area contributed by atoms with E-state index in [0.29, 0.717) is 11.3 Å². The predicted molar refractivity (Wildman–Crippen MR) is 127 cm³/mol. The Morgan fingerprint density at radius 1 is 0.970 bits per heavy atom. The van der Waals surface area contributed by atoms with Gasteiger partial charge in [0.05, 0.1) is 18.3 Å². The first-order valence-corrected chi connectivity index (χ1v) is 11.7. The van der Waals surface area contributed by atoms with E-state index in [0.717, 1.165) is 27.9 Å². The highest BCUT2D eigenvalue weighted by molar-refractivity contribution is 7.98. The molecule has 0 radical (unpaired) electrons. The van der Waals surface area contributed by atoms with Crippen LogP contribution < -0.4 is 5.32 Å². The lowest BCUT2D eigenvalue weighted by Crippen LogP contribution is -2.38.